The molecule has 2 aromatic heterocycles. The van der Waals surface area contributed by atoms with Crippen molar-refractivity contribution in [3.63, 3.8) is 0 Å². The van der Waals surface area contributed by atoms with Crippen LogP contribution in [-0.2, 0) is 17.8 Å². The first-order chi connectivity index (χ1) is 11.6. The molecule has 124 valence electrons. The number of amides is 1. The number of nitrogens with one attached hydrogen (secondary N) is 1. The van der Waals surface area contributed by atoms with Gasteiger partial charge in [0.2, 0.25) is 5.91 Å². The Labute approximate surface area is 144 Å². The molecule has 3 aromatic rings. The Morgan fingerprint density at radius 3 is 2.88 bits per heavy atom. The highest BCUT2D eigenvalue weighted by atomic mass is 32.1. The molecule has 0 saturated heterocycles. The Hall–Kier alpha value is -2.54. The molecule has 1 N–H and O–H groups in total. The van der Waals surface area contributed by atoms with Crippen molar-refractivity contribution in [1.29, 1.82) is 0 Å². The van der Waals surface area contributed by atoms with E-state index < -0.39 is 0 Å². The summed E-state index contributed by atoms with van der Waals surface area (Å²) >= 11 is 1.60. The van der Waals surface area contributed by atoms with Gasteiger partial charge in [0.1, 0.15) is 12.7 Å². The van der Waals surface area contributed by atoms with Crippen LogP contribution in [0, 0.1) is 0 Å². The highest BCUT2D eigenvalue weighted by Gasteiger charge is 2.11. The average molecular weight is 341 g/mol. The summed E-state index contributed by atoms with van der Waals surface area (Å²) in [6.45, 7) is 4.76. The van der Waals surface area contributed by atoms with Crippen LogP contribution < -0.4 is 5.32 Å². The molecule has 0 spiro atoms. The minimum absolute atomic E-state index is 0.0679. The number of carbonyl (C=O) groups excluding carboxylic acids is 1. The summed E-state index contributed by atoms with van der Waals surface area (Å²) in [5.41, 5.74) is 2.59. The zero-order valence-electron chi connectivity index (χ0n) is 13.6. The Balaban J connectivity index is 1.67. The average Bonchev–Trinajstić information content (AvgIpc) is 3.21. The number of aromatic nitrogens is 4. The topological polar surface area (TPSA) is 72.7 Å². The zero-order chi connectivity index (χ0) is 16.9. The lowest BCUT2D eigenvalue weighted by Gasteiger charge is -2.10. The normalized spacial score (nSPS) is 11.0. The lowest BCUT2D eigenvalue weighted by Crippen LogP contribution is -2.16. The van der Waals surface area contributed by atoms with Crippen molar-refractivity contribution < 1.29 is 4.79 Å². The van der Waals surface area contributed by atoms with Crippen LogP contribution in [0.5, 0.6) is 0 Å². The SMILES string of the molecule is CC(C)c1nc(CC(=O)Nc2ccccc2Cn2cncn2)cs1. The van der Waals surface area contributed by atoms with Gasteiger partial charge in [-0.05, 0) is 11.6 Å². The van der Waals surface area contributed by atoms with E-state index in [1.54, 1.807) is 22.3 Å². The molecule has 0 atom stereocenters. The summed E-state index contributed by atoms with van der Waals surface area (Å²) in [5.74, 6) is 0.317. The zero-order valence-corrected chi connectivity index (χ0v) is 14.5. The molecule has 3 rings (SSSR count). The van der Waals surface area contributed by atoms with Gasteiger partial charge in [-0.25, -0.2) is 14.6 Å². The molecule has 0 aliphatic heterocycles. The first-order valence-corrected chi connectivity index (χ1v) is 8.64. The molecule has 0 radical (unpaired) electrons. The molecular formula is C17H19N5OS. The minimum Gasteiger partial charge on any atom is -0.325 e. The van der Waals surface area contributed by atoms with Gasteiger partial charge in [-0.3, -0.25) is 4.79 Å². The summed E-state index contributed by atoms with van der Waals surface area (Å²) in [5, 5.41) is 10.1. The maximum atomic E-state index is 12.3. The van der Waals surface area contributed by atoms with E-state index in [-0.39, 0.29) is 12.3 Å². The number of hydrogen-bond acceptors (Lipinski definition) is 5. The van der Waals surface area contributed by atoms with Crippen molar-refractivity contribution in [3.05, 3.63) is 58.6 Å². The molecule has 0 bridgehead atoms. The second-order valence-corrected chi connectivity index (χ2v) is 6.70. The molecule has 0 saturated carbocycles. The predicted octanol–water partition coefficient (Wildman–Crippen LogP) is 3.09. The number of benzene rings is 1. The third kappa shape index (κ3) is 4.05. The number of para-hydroxylation sites is 1. The summed E-state index contributed by atoms with van der Waals surface area (Å²) in [7, 11) is 0. The highest BCUT2D eigenvalue weighted by molar-refractivity contribution is 7.09. The summed E-state index contributed by atoms with van der Waals surface area (Å²) < 4.78 is 1.72. The maximum absolute atomic E-state index is 12.3. The third-order valence-corrected chi connectivity index (χ3v) is 4.69. The number of nitrogens with zero attached hydrogens (tertiary/aromatic N) is 4. The van der Waals surface area contributed by atoms with Crippen LogP contribution >= 0.6 is 11.3 Å². The molecule has 2 heterocycles. The Morgan fingerprint density at radius 2 is 2.17 bits per heavy atom. The van der Waals surface area contributed by atoms with E-state index in [4.69, 9.17) is 0 Å². The smallest absolute Gasteiger partial charge is 0.230 e. The maximum Gasteiger partial charge on any atom is 0.230 e. The van der Waals surface area contributed by atoms with Gasteiger partial charge in [-0.15, -0.1) is 11.3 Å². The summed E-state index contributed by atoms with van der Waals surface area (Å²) in [4.78, 5) is 20.8. The molecule has 24 heavy (non-hydrogen) atoms. The second-order valence-electron chi connectivity index (χ2n) is 5.81. The van der Waals surface area contributed by atoms with E-state index in [0.717, 1.165) is 22.0 Å². The first kappa shape index (κ1) is 16.3. The lowest BCUT2D eigenvalue weighted by atomic mass is 10.1. The first-order valence-electron chi connectivity index (χ1n) is 7.76. The Bertz CT molecular complexity index is 810. The predicted molar refractivity (Wildman–Crippen MR) is 94.1 cm³/mol. The molecule has 0 aliphatic carbocycles. The van der Waals surface area contributed by atoms with Crippen molar-refractivity contribution >= 4 is 22.9 Å². The van der Waals surface area contributed by atoms with E-state index in [0.29, 0.717) is 12.5 Å². The van der Waals surface area contributed by atoms with Crippen LogP contribution in [0.4, 0.5) is 5.69 Å². The monoisotopic (exact) mass is 341 g/mol. The van der Waals surface area contributed by atoms with E-state index in [1.165, 1.54) is 6.33 Å². The second kappa shape index (κ2) is 7.35. The number of anilines is 1. The Morgan fingerprint density at radius 1 is 1.33 bits per heavy atom. The molecule has 6 nitrogen and oxygen atoms in total. The quantitative estimate of drug-likeness (QED) is 0.748. The van der Waals surface area contributed by atoms with Crippen LogP contribution in [0.15, 0.2) is 42.3 Å². The van der Waals surface area contributed by atoms with Gasteiger partial charge in [0.05, 0.1) is 23.7 Å². The lowest BCUT2D eigenvalue weighted by molar-refractivity contribution is -0.115. The summed E-state index contributed by atoms with van der Waals surface area (Å²) in [6, 6.07) is 7.71. The molecular weight excluding hydrogens is 322 g/mol. The fourth-order valence-electron chi connectivity index (χ4n) is 2.30. The van der Waals surface area contributed by atoms with E-state index in [2.05, 4.69) is 34.2 Å². The van der Waals surface area contributed by atoms with Gasteiger partial charge in [0.15, 0.2) is 0 Å². The van der Waals surface area contributed by atoms with Gasteiger partial charge in [-0.1, -0.05) is 32.0 Å². The highest BCUT2D eigenvalue weighted by Crippen LogP contribution is 2.20. The van der Waals surface area contributed by atoms with Gasteiger partial charge in [-0.2, -0.15) is 5.10 Å². The molecule has 1 amide bonds. The van der Waals surface area contributed by atoms with Gasteiger partial charge in [0, 0.05) is 17.0 Å². The van der Waals surface area contributed by atoms with Crippen LogP contribution in [-0.4, -0.2) is 25.7 Å². The largest absolute Gasteiger partial charge is 0.325 e. The van der Waals surface area contributed by atoms with Gasteiger partial charge >= 0.3 is 0 Å². The molecule has 7 heteroatoms. The number of carbonyl (C=O) groups is 1. The van der Waals surface area contributed by atoms with Crippen molar-refractivity contribution in [3.8, 4) is 0 Å². The fraction of sp³-hybridized carbons (Fsp3) is 0.294. The van der Waals surface area contributed by atoms with Crippen LogP contribution in [0.3, 0.4) is 0 Å². The molecule has 0 aliphatic rings. The summed E-state index contributed by atoms with van der Waals surface area (Å²) in [6.07, 6.45) is 3.43. The Kier molecular flexibility index (Phi) is 5.00. The minimum atomic E-state index is -0.0679. The van der Waals surface area contributed by atoms with Crippen molar-refractivity contribution in [2.75, 3.05) is 5.32 Å². The van der Waals surface area contributed by atoms with Crippen molar-refractivity contribution in [2.45, 2.75) is 32.7 Å². The molecule has 1 aromatic carbocycles. The van der Waals surface area contributed by atoms with Gasteiger partial charge < -0.3 is 5.32 Å². The van der Waals surface area contributed by atoms with Crippen LogP contribution in [0.25, 0.3) is 0 Å². The number of thiazole rings is 1. The van der Waals surface area contributed by atoms with Gasteiger partial charge in [0.25, 0.3) is 0 Å². The van der Waals surface area contributed by atoms with Crippen LogP contribution in [0.1, 0.15) is 36.0 Å². The van der Waals surface area contributed by atoms with Crippen molar-refractivity contribution in [2.24, 2.45) is 0 Å². The fourth-order valence-corrected chi connectivity index (χ4v) is 3.13. The van der Waals surface area contributed by atoms with E-state index in [9.17, 15) is 4.79 Å². The van der Waals surface area contributed by atoms with Crippen molar-refractivity contribution in [1.82, 2.24) is 19.7 Å². The molecule has 0 fully saturated rings. The molecule has 0 unspecified atom stereocenters. The third-order valence-electron chi connectivity index (χ3n) is 3.50. The number of rotatable bonds is 6. The van der Waals surface area contributed by atoms with E-state index >= 15 is 0 Å². The standard InChI is InChI=1S/C17H19N5OS/c1-12(2)17-20-14(9-24-17)7-16(23)21-15-6-4-3-5-13(15)8-22-11-18-10-19-22/h3-6,9-12H,7-8H2,1-2H3,(H,21,23). The van der Waals surface area contributed by atoms with E-state index in [1.807, 2.05) is 29.6 Å². The number of hydrogen-bond donors (Lipinski definition) is 1. The van der Waals surface area contributed by atoms with Crippen LogP contribution in [0.2, 0.25) is 0 Å².